The lowest BCUT2D eigenvalue weighted by Gasteiger charge is -2.22. The molecule has 126 valence electrons. The first kappa shape index (κ1) is 17.5. The zero-order chi connectivity index (χ0) is 17.0. The monoisotopic (exact) mass is 319 g/mol. The van der Waals surface area contributed by atoms with Crippen LogP contribution in [-0.2, 0) is 19.7 Å². The lowest BCUT2D eigenvalue weighted by atomic mass is 9.86. The number of hydrogen-bond donors (Lipinski definition) is 2. The minimum Gasteiger partial charge on any atom is -0.481 e. The Balaban J connectivity index is 2.14. The summed E-state index contributed by atoms with van der Waals surface area (Å²) < 4.78 is 5.36. The van der Waals surface area contributed by atoms with E-state index in [1.165, 1.54) is 5.56 Å². The molecule has 1 aromatic carbocycles. The van der Waals surface area contributed by atoms with Gasteiger partial charge in [0.25, 0.3) is 0 Å². The standard InChI is InChI=1S/C18H25NO4/c1-18(2,3)13-8-6-12(7-9-13)14(11-16(20)21)19-17(22)15-5-4-10-23-15/h6-9,14-15H,4-5,10-11H2,1-3H3,(H,19,22)(H,20,21). The number of aliphatic carboxylic acids is 1. The lowest BCUT2D eigenvalue weighted by molar-refractivity contribution is -0.138. The number of carbonyl (C=O) groups excluding carboxylic acids is 1. The SMILES string of the molecule is CC(C)(C)c1ccc(C(CC(=O)O)NC(=O)C2CCCO2)cc1. The van der Waals surface area contributed by atoms with Crippen molar-refractivity contribution in [2.45, 2.75) is 57.6 Å². The number of ether oxygens (including phenoxy) is 1. The van der Waals surface area contributed by atoms with Crippen LogP contribution in [0.15, 0.2) is 24.3 Å². The van der Waals surface area contributed by atoms with E-state index in [-0.39, 0.29) is 17.7 Å². The third-order valence-electron chi connectivity index (χ3n) is 4.10. The second kappa shape index (κ2) is 7.13. The van der Waals surface area contributed by atoms with Crippen LogP contribution < -0.4 is 5.32 Å². The minimum atomic E-state index is -0.942. The third kappa shape index (κ3) is 4.79. The van der Waals surface area contributed by atoms with E-state index in [1.54, 1.807) is 0 Å². The number of rotatable bonds is 5. The quantitative estimate of drug-likeness (QED) is 0.875. The van der Waals surface area contributed by atoms with E-state index in [9.17, 15) is 9.59 Å². The Labute approximate surface area is 137 Å². The molecule has 5 nitrogen and oxygen atoms in total. The average molecular weight is 319 g/mol. The number of benzene rings is 1. The van der Waals surface area contributed by atoms with Gasteiger partial charge in [-0.3, -0.25) is 9.59 Å². The van der Waals surface area contributed by atoms with E-state index in [2.05, 4.69) is 26.1 Å². The molecule has 1 amide bonds. The van der Waals surface area contributed by atoms with Gasteiger partial charge < -0.3 is 15.2 Å². The van der Waals surface area contributed by atoms with Crippen LogP contribution in [-0.4, -0.2) is 29.7 Å². The molecule has 2 rings (SSSR count). The zero-order valence-corrected chi connectivity index (χ0v) is 14.0. The predicted molar refractivity (Wildman–Crippen MR) is 87.3 cm³/mol. The van der Waals surface area contributed by atoms with Crippen LogP contribution in [0.2, 0.25) is 0 Å². The van der Waals surface area contributed by atoms with E-state index < -0.39 is 18.1 Å². The third-order valence-corrected chi connectivity index (χ3v) is 4.10. The summed E-state index contributed by atoms with van der Waals surface area (Å²) >= 11 is 0. The van der Waals surface area contributed by atoms with E-state index in [4.69, 9.17) is 9.84 Å². The maximum atomic E-state index is 12.2. The molecule has 2 unspecified atom stereocenters. The van der Waals surface area contributed by atoms with Gasteiger partial charge >= 0.3 is 5.97 Å². The fourth-order valence-corrected chi connectivity index (χ4v) is 2.69. The van der Waals surface area contributed by atoms with Crippen molar-refractivity contribution in [3.63, 3.8) is 0 Å². The average Bonchev–Trinajstić information content (AvgIpc) is 2.99. The Morgan fingerprint density at radius 1 is 1.30 bits per heavy atom. The van der Waals surface area contributed by atoms with Crippen LogP contribution >= 0.6 is 0 Å². The molecule has 2 N–H and O–H groups in total. The summed E-state index contributed by atoms with van der Waals surface area (Å²) in [6.07, 6.45) is 0.948. The van der Waals surface area contributed by atoms with E-state index in [1.807, 2.05) is 24.3 Å². The Hall–Kier alpha value is -1.88. The predicted octanol–water partition coefficient (Wildman–Crippen LogP) is 2.80. The van der Waals surface area contributed by atoms with Crippen molar-refractivity contribution in [1.29, 1.82) is 0 Å². The number of hydrogen-bond acceptors (Lipinski definition) is 3. The number of amides is 1. The summed E-state index contributed by atoms with van der Waals surface area (Å²) in [5, 5.41) is 11.9. The summed E-state index contributed by atoms with van der Waals surface area (Å²) in [5.74, 6) is -1.17. The summed E-state index contributed by atoms with van der Waals surface area (Å²) in [4.78, 5) is 23.3. The molecule has 0 radical (unpaired) electrons. The van der Waals surface area contributed by atoms with Gasteiger partial charge in [0.2, 0.25) is 5.91 Å². The van der Waals surface area contributed by atoms with Crippen molar-refractivity contribution in [3.8, 4) is 0 Å². The number of carboxylic acids is 1. The Kier molecular flexibility index (Phi) is 5.42. The van der Waals surface area contributed by atoms with Crippen molar-refractivity contribution in [3.05, 3.63) is 35.4 Å². The highest BCUT2D eigenvalue weighted by molar-refractivity contribution is 5.82. The van der Waals surface area contributed by atoms with Gasteiger partial charge in [-0.2, -0.15) is 0 Å². The molecule has 5 heteroatoms. The molecule has 0 spiro atoms. The van der Waals surface area contributed by atoms with Crippen molar-refractivity contribution in [2.75, 3.05) is 6.61 Å². The van der Waals surface area contributed by atoms with Gasteiger partial charge in [0.1, 0.15) is 6.10 Å². The maximum Gasteiger partial charge on any atom is 0.305 e. The second-order valence-electron chi connectivity index (χ2n) is 7.03. The van der Waals surface area contributed by atoms with E-state index in [0.29, 0.717) is 13.0 Å². The van der Waals surface area contributed by atoms with Crippen LogP contribution in [0.4, 0.5) is 0 Å². The molecule has 0 aliphatic carbocycles. The first-order chi connectivity index (χ1) is 10.8. The van der Waals surface area contributed by atoms with Crippen molar-refractivity contribution in [2.24, 2.45) is 0 Å². The Morgan fingerprint density at radius 3 is 2.43 bits per heavy atom. The summed E-state index contributed by atoms with van der Waals surface area (Å²) in [6, 6.07) is 7.22. The minimum absolute atomic E-state index is 0.0295. The number of nitrogens with one attached hydrogen (secondary N) is 1. The molecule has 1 aliphatic rings. The van der Waals surface area contributed by atoms with E-state index >= 15 is 0 Å². The Bertz CT molecular complexity index is 553. The molecule has 1 fully saturated rings. The van der Waals surface area contributed by atoms with Crippen molar-refractivity contribution < 1.29 is 19.4 Å². The van der Waals surface area contributed by atoms with Crippen LogP contribution in [0.5, 0.6) is 0 Å². The van der Waals surface area contributed by atoms with Crippen LogP contribution in [0.3, 0.4) is 0 Å². The van der Waals surface area contributed by atoms with Gasteiger partial charge in [-0.05, 0) is 29.4 Å². The fraction of sp³-hybridized carbons (Fsp3) is 0.556. The first-order valence-corrected chi connectivity index (χ1v) is 8.01. The van der Waals surface area contributed by atoms with Crippen molar-refractivity contribution in [1.82, 2.24) is 5.32 Å². The maximum absolute atomic E-state index is 12.2. The van der Waals surface area contributed by atoms with E-state index in [0.717, 1.165) is 12.0 Å². The Morgan fingerprint density at radius 2 is 1.96 bits per heavy atom. The normalized spacial score (nSPS) is 19.3. The molecule has 2 atom stereocenters. The molecule has 0 bridgehead atoms. The number of carbonyl (C=O) groups is 2. The lowest BCUT2D eigenvalue weighted by Crippen LogP contribution is -2.37. The second-order valence-corrected chi connectivity index (χ2v) is 7.03. The van der Waals surface area contributed by atoms with Gasteiger partial charge in [0.05, 0.1) is 12.5 Å². The molecule has 1 saturated heterocycles. The highest BCUT2D eigenvalue weighted by atomic mass is 16.5. The smallest absolute Gasteiger partial charge is 0.305 e. The molecular formula is C18H25NO4. The van der Waals surface area contributed by atoms with Crippen LogP contribution in [0, 0.1) is 0 Å². The highest BCUT2D eigenvalue weighted by Gasteiger charge is 2.27. The topological polar surface area (TPSA) is 75.6 Å². The highest BCUT2D eigenvalue weighted by Crippen LogP contribution is 2.25. The summed E-state index contributed by atoms with van der Waals surface area (Å²) in [6.45, 7) is 6.95. The van der Waals surface area contributed by atoms with Gasteiger partial charge in [-0.15, -0.1) is 0 Å². The largest absolute Gasteiger partial charge is 0.481 e. The molecule has 1 heterocycles. The summed E-state index contributed by atoms with van der Waals surface area (Å²) in [5.41, 5.74) is 1.99. The van der Waals surface area contributed by atoms with Gasteiger partial charge in [-0.1, -0.05) is 45.0 Å². The van der Waals surface area contributed by atoms with Crippen molar-refractivity contribution >= 4 is 11.9 Å². The molecule has 23 heavy (non-hydrogen) atoms. The van der Waals surface area contributed by atoms with Gasteiger partial charge in [-0.25, -0.2) is 0 Å². The fourth-order valence-electron chi connectivity index (χ4n) is 2.69. The van der Waals surface area contributed by atoms with Gasteiger partial charge in [0.15, 0.2) is 0 Å². The molecule has 1 aromatic rings. The molecular weight excluding hydrogens is 294 g/mol. The first-order valence-electron chi connectivity index (χ1n) is 8.01. The zero-order valence-electron chi connectivity index (χ0n) is 14.0. The number of carboxylic acid groups (broad SMARTS) is 1. The molecule has 1 aliphatic heterocycles. The van der Waals surface area contributed by atoms with Crippen LogP contribution in [0.1, 0.15) is 57.2 Å². The van der Waals surface area contributed by atoms with Crippen LogP contribution in [0.25, 0.3) is 0 Å². The summed E-state index contributed by atoms with van der Waals surface area (Å²) in [7, 11) is 0. The molecule has 0 aromatic heterocycles. The van der Waals surface area contributed by atoms with Gasteiger partial charge in [0, 0.05) is 6.61 Å². The molecule has 0 saturated carbocycles.